The fourth-order valence-corrected chi connectivity index (χ4v) is 3.21. The minimum Gasteiger partial charge on any atom is -0.441 e. The van der Waals surface area contributed by atoms with Crippen molar-refractivity contribution >= 4 is 12.4 Å². The molecule has 0 aliphatic heterocycles. The summed E-state index contributed by atoms with van der Waals surface area (Å²) >= 11 is 0. The largest absolute Gasteiger partial charge is 0.441 e. The Morgan fingerprint density at radius 3 is 2.62 bits per heavy atom. The van der Waals surface area contributed by atoms with E-state index in [1.165, 1.54) is 12.3 Å². The maximum Gasteiger partial charge on any atom is 0.227 e. The third-order valence-electron chi connectivity index (χ3n) is 4.65. The topological polar surface area (TPSA) is 91.0 Å². The van der Waals surface area contributed by atoms with Gasteiger partial charge in [0.25, 0.3) is 0 Å². The summed E-state index contributed by atoms with van der Waals surface area (Å²) in [5.41, 5.74) is 6.27. The van der Waals surface area contributed by atoms with Crippen LogP contribution in [0.1, 0.15) is 43.3 Å². The smallest absolute Gasteiger partial charge is 0.227 e. The van der Waals surface area contributed by atoms with Gasteiger partial charge in [0.05, 0.1) is 17.3 Å². The average Bonchev–Trinajstić information content (AvgIpc) is 3.34. The second-order valence-corrected chi connectivity index (χ2v) is 6.47. The second-order valence-electron chi connectivity index (χ2n) is 6.47. The first-order valence-corrected chi connectivity index (χ1v) is 8.46. The van der Waals surface area contributed by atoms with Gasteiger partial charge < -0.3 is 14.7 Å². The molecule has 0 atom stereocenters. The minimum absolute atomic E-state index is 0. The van der Waals surface area contributed by atoms with Crippen LogP contribution in [0.4, 0.5) is 4.39 Å². The maximum atomic E-state index is 13.8. The molecule has 8 heteroatoms. The lowest BCUT2D eigenvalue weighted by atomic mass is 9.99. The van der Waals surface area contributed by atoms with Crippen LogP contribution in [0.5, 0.6) is 0 Å². The van der Waals surface area contributed by atoms with Gasteiger partial charge in [0.15, 0.2) is 17.5 Å². The van der Waals surface area contributed by atoms with E-state index in [1.807, 2.05) is 0 Å². The van der Waals surface area contributed by atoms with Gasteiger partial charge in [-0.25, -0.2) is 9.37 Å². The fraction of sp³-hybridized carbons (Fsp3) is 0.389. The standard InChI is InChI=1S/C18H19FN4O2.ClH/c19-13-6-2-1-5-12(13)14-11-21-15(24-14)7-8-16-22-17(23-25-16)18(20)9-3-4-10-18;/h1-2,5-6,11H,3-4,7-10,20H2;1H. The molecular formula is C18H20ClFN4O2. The predicted molar refractivity (Wildman–Crippen MR) is 95.2 cm³/mol. The first kappa shape index (κ1) is 18.5. The number of oxazole rings is 1. The van der Waals surface area contributed by atoms with Gasteiger partial charge in [-0.05, 0) is 25.0 Å². The summed E-state index contributed by atoms with van der Waals surface area (Å²) in [6.45, 7) is 0. The van der Waals surface area contributed by atoms with Crippen LogP contribution in [-0.2, 0) is 18.4 Å². The number of hydrogen-bond donors (Lipinski definition) is 1. The van der Waals surface area contributed by atoms with Crippen molar-refractivity contribution in [1.82, 2.24) is 15.1 Å². The molecule has 26 heavy (non-hydrogen) atoms. The van der Waals surface area contributed by atoms with Crippen LogP contribution in [0.3, 0.4) is 0 Å². The molecule has 138 valence electrons. The van der Waals surface area contributed by atoms with E-state index in [2.05, 4.69) is 15.1 Å². The number of nitrogens with zero attached hydrogens (tertiary/aromatic N) is 3. The predicted octanol–water partition coefficient (Wildman–Crippen LogP) is 3.80. The Kier molecular flexibility index (Phi) is 5.38. The molecule has 1 aliphatic carbocycles. The molecule has 2 aromatic heterocycles. The van der Waals surface area contributed by atoms with E-state index < -0.39 is 5.54 Å². The first-order chi connectivity index (χ1) is 12.1. The Hall–Kier alpha value is -2.25. The van der Waals surface area contributed by atoms with Crippen LogP contribution in [0.2, 0.25) is 0 Å². The molecule has 1 aliphatic rings. The van der Waals surface area contributed by atoms with E-state index in [0.717, 1.165) is 25.7 Å². The van der Waals surface area contributed by atoms with Crippen LogP contribution in [-0.4, -0.2) is 15.1 Å². The van der Waals surface area contributed by atoms with Crippen molar-refractivity contribution in [3.8, 4) is 11.3 Å². The van der Waals surface area contributed by atoms with Gasteiger partial charge in [-0.15, -0.1) is 12.4 Å². The van der Waals surface area contributed by atoms with Crippen molar-refractivity contribution < 1.29 is 13.3 Å². The lowest BCUT2D eigenvalue weighted by Gasteiger charge is -2.17. The highest BCUT2D eigenvalue weighted by Gasteiger charge is 2.35. The zero-order valence-electron chi connectivity index (χ0n) is 14.2. The number of halogens is 2. The number of aromatic nitrogens is 3. The Morgan fingerprint density at radius 1 is 1.12 bits per heavy atom. The summed E-state index contributed by atoms with van der Waals surface area (Å²) < 4.78 is 24.7. The quantitative estimate of drug-likeness (QED) is 0.726. The number of benzene rings is 1. The molecule has 4 rings (SSSR count). The lowest BCUT2D eigenvalue weighted by Crippen LogP contribution is -2.34. The summed E-state index contributed by atoms with van der Waals surface area (Å²) in [6.07, 6.45) is 6.48. The highest BCUT2D eigenvalue weighted by Crippen LogP contribution is 2.34. The zero-order valence-corrected chi connectivity index (χ0v) is 15.0. The van der Waals surface area contributed by atoms with Gasteiger partial charge >= 0.3 is 0 Å². The van der Waals surface area contributed by atoms with Crippen molar-refractivity contribution in [2.75, 3.05) is 0 Å². The summed E-state index contributed by atoms with van der Waals surface area (Å²) in [5, 5.41) is 4.03. The van der Waals surface area contributed by atoms with Crippen molar-refractivity contribution in [2.24, 2.45) is 5.73 Å². The van der Waals surface area contributed by atoms with Gasteiger partial charge in [-0.3, -0.25) is 0 Å². The minimum atomic E-state index is -0.456. The van der Waals surface area contributed by atoms with Crippen LogP contribution in [0.15, 0.2) is 39.4 Å². The van der Waals surface area contributed by atoms with Crippen LogP contribution < -0.4 is 5.73 Å². The lowest BCUT2D eigenvalue weighted by molar-refractivity contribution is 0.346. The molecule has 0 saturated heterocycles. The monoisotopic (exact) mass is 378 g/mol. The second kappa shape index (κ2) is 7.55. The SMILES string of the molecule is Cl.NC1(c2noc(CCc3ncc(-c4ccccc4F)o3)n2)CCCC1. The highest BCUT2D eigenvalue weighted by molar-refractivity contribution is 5.85. The average molecular weight is 379 g/mol. The Balaban J connectivity index is 0.00000196. The van der Waals surface area contributed by atoms with Crippen molar-refractivity contribution in [3.05, 3.63) is 53.9 Å². The molecule has 1 aromatic carbocycles. The van der Waals surface area contributed by atoms with Crippen molar-refractivity contribution in [1.29, 1.82) is 0 Å². The normalized spacial score (nSPS) is 15.8. The van der Waals surface area contributed by atoms with E-state index in [9.17, 15) is 4.39 Å². The van der Waals surface area contributed by atoms with Crippen molar-refractivity contribution in [2.45, 2.75) is 44.1 Å². The molecule has 0 amide bonds. The van der Waals surface area contributed by atoms with E-state index in [0.29, 0.717) is 41.8 Å². The molecule has 1 saturated carbocycles. The van der Waals surface area contributed by atoms with Crippen LogP contribution >= 0.6 is 12.4 Å². The number of hydrogen-bond acceptors (Lipinski definition) is 6. The summed E-state index contributed by atoms with van der Waals surface area (Å²) in [4.78, 5) is 8.62. The first-order valence-electron chi connectivity index (χ1n) is 8.46. The van der Waals surface area contributed by atoms with Gasteiger partial charge in [0, 0.05) is 12.8 Å². The third kappa shape index (κ3) is 3.64. The van der Waals surface area contributed by atoms with Crippen molar-refractivity contribution in [3.63, 3.8) is 0 Å². The molecule has 2 heterocycles. The molecule has 1 fully saturated rings. The highest BCUT2D eigenvalue weighted by atomic mass is 35.5. The molecule has 2 N–H and O–H groups in total. The van der Waals surface area contributed by atoms with E-state index >= 15 is 0 Å². The van der Waals surface area contributed by atoms with E-state index in [-0.39, 0.29) is 18.2 Å². The molecule has 0 bridgehead atoms. The van der Waals surface area contributed by atoms with Gasteiger partial charge in [0.1, 0.15) is 5.82 Å². The van der Waals surface area contributed by atoms with Gasteiger partial charge in [-0.2, -0.15) is 4.98 Å². The molecule has 0 radical (unpaired) electrons. The molecule has 3 aromatic rings. The summed E-state index contributed by atoms with van der Waals surface area (Å²) in [7, 11) is 0. The Bertz CT molecular complexity index is 873. The van der Waals surface area contributed by atoms with Crippen LogP contribution in [0, 0.1) is 5.82 Å². The van der Waals surface area contributed by atoms with Gasteiger partial charge in [-0.1, -0.05) is 30.1 Å². The molecule has 0 spiro atoms. The van der Waals surface area contributed by atoms with Gasteiger partial charge in [0.2, 0.25) is 5.89 Å². The molecular weight excluding hydrogens is 359 g/mol. The van der Waals surface area contributed by atoms with E-state index in [1.54, 1.807) is 18.2 Å². The molecule has 0 unspecified atom stereocenters. The van der Waals surface area contributed by atoms with E-state index in [4.69, 9.17) is 14.7 Å². The zero-order chi connectivity index (χ0) is 17.3. The maximum absolute atomic E-state index is 13.8. The number of rotatable bonds is 5. The number of aryl methyl sites for hydroxylation is 2. The fourth-order valence-electron chi connectivity index (χ4n) is 3.21. The Labute approximate surface area is 156 Å². The summed E-state index contributed by atoms with van der Waals surface area (Å²) in [6, 6.07) is 6.44. The summed E-state index contributed by atoms with van der Waals surface area (Å²) in [5.74, 6) is 1.67. The van der Waals surface area contributed by atoms with Crippen LogP contribution in [0.25, 0.3) is 11.3 Å². The third-order valence-corrected chi connectivity index (χ3v) is 4.65. The molecule has 6 nitrogen and oxygen atoms in total. The number of nitrogens with two attached hydrogens (primary N) is 1. The Morgan fingerprint density at radius 2 is 1.85 bits per heavy atom.